The lowest BCUT2D eigenvalue weighted by Gasteiger charge is -2.11. The van der Waals surface area contributed by atoms with Crippen LogP contribution in [-0.2, 0) is 0 Å². The molecule has 10 nitrogen and oxygen atoms in total. The number of aromatic nitrogens is 2. The maximum atomic E-state index is 11.8. The van der Waals surface area contributed by atoms with Crippen molar-refractivity contribution >= 4 is 28.7 Å². The standard InChI is InChI=1S/C23H17N5O5/c29-28(30)21-22(26-15-6-9-18(10-7-15)33-17-4-2-1-3-5-17)24-13-25-23(21)27-16-8-11-19-20(12-16)32-14-31-19/h1-13H,14H2,(H2,24,25,26,27). The second-order valence-electron chi connectivity index (χ2n) is 6.93. The van der Waals surface area contributed by atoms with Crippen LogP contribution in [0.2, 0.25) is 0 Å². The topological polar surface area (TPSA) is 121 Å². The van der Waals surface area contributed by atoms with Gasteiger partial charge in [0.2, 0.25) is 18.4 Å². The van der Waals surface area contributed by atoms with Gasteiger partial charge in [-0.3, -0.25) is 10.1 Å². The third kappa shape index (κ3) is 4.44. The highest BCUT2D eigenvalue weighted by Crippen LogP contribution is 2.37. The highest BCUT2D eigenvalue weighted by molar-refractivity contribution is 5.77. The summed E-state index contributed by atoms with van der Waals surface area (Å²) in [5.74, 6) is 2.60. The minimum absolute atomic E-state index is 0.0420. The van der Waals surface area contributed by atoms with Crippen LogP contribution < -0.4 is 24.8 Å². The average molecular weight is 443 g/mol. The lowest BCUT2D eigenvalue weighted by molar-refractivity contribution is -0.383. The summed E-state index contributed by atoms with van der Waals surface area (Å²) >= 11 is 0. The van der Waals surface area contributed by atoms with Gasteiger partial charge < -0.3 is 24.8 Å². The molecule has 0 atom stereocenters. The number of rotatable bonds is 7. The van der Waals surface area contributed by atoms with E-state index in [0.717, 1.165) is 0 Å². The quantitative estimate of drug-likeness (QED) is 0.286. The number of anilines is 4. The molecular weight excluding hydrogens is 426 g/mol. The summed E-state index contributed by atoms with van der Waals surface area (Å²) in [7, 11) is 0. The van der Waals surface area contributed by atoms with E-state index < -0.39 is 4.92 Å². The largest absolute Gasteiger partial charge is 0.457 e. The number of fused-ring (bicyclic) bond motifs is 1. The zero-order chi connectivity index (χ0) is 22.6. The van der Waals surface area contributed by atoms with E-state index in [0.29, 0.717) is 34.4 Å². The zero-order valence-corrected chi connectivity index (χ0v) is 17.1. The first-order chi connectivity index (χ1) is 16.2. The first kappa shape index (κ1) is 20.1. The van der Waals surface area contributed by atoms with Crippen molar-refractivity contribution in [2.75, 3.05) is 17.4 Å². The van der Waals surface area contributed by atoms with Crippen molar-refractivity contribution in [1.82, 2.24) is 9.97 Å². The molecule has 0 saturated heterocycles. The summed E-state index contributed by atoms with van der Waals surface area (Å²) in [6, 6.07) is 21.5. The maximum absolute atomic E-state index is 11.8. The molecule has 33 heavy (non-hydrogen) atoms. The first-order valence-electron chi connectivity index (χ1n) is 9.92. The van der Waals surface area contributed by atoms with Gasteiger partial charge in [-0.2, -0.15) is 0 Å². The predicted octanol–water partition coefficient (Wildman–Crippen LogP) is 5.39. The van der Waals surface area contributed by atoms with Crippen LogP contribution in [0.25, 0.3) is 0 Å². The summed E-state index contributed by atoms with van der Waals surface area (Å²) in [6.45, 7) is 0.135. The molecule has 0 fully saturated rings. The number of para-hydroxylation sites is 1. The highest BCUT2D eigenvalue weighted by atomic mass is 16.7. The molecule has 0 unspecified atom stereocenters. The third-order valence-corrected chi connectivity index (χ3v) is 4.74. The Morgan fingerprint density at radius 3 is 2.18 bits per heavy atom. The average Bonchev–Trinajstić information content (AvgIpc) is 3.29. The molecule has 0 radical (unpaired) electrons. The van der Waals surface area contributed by atoms with Crippen LogP contribution in [0, 0.1) is 10.1 Å². The van der Waals surface area contributed by atoms with E-state index in [9.17, 15) is 10.1 Å². The third-order valence-electron chi connectivity index (χ3n) is 4.74. The molecule has 2 heterocycles. The van der Waals surface area contributed by atoms with Crippen LogP contribution in [0.5, 0.6) is 23.0 Å². The van der Waals surface area contributed by atoms with Crippen LogP contribution in [0.15, 0.2) is 79.1 Å². The van der Waals surface area contributed by atoms with Gasteiger partial charge in [-0.25, -0.2) is 9.97 Å². The molecule has 1 aromatic heterocycles. The van der Waals surface area contributed by atoms with E-state index in [1.807, 2.05) is 30.3 Å². The Balaban J connectivity index is 1.36. The predicted molar refractivity (Wildman–Crippen MR) is 121 cm³/mol. The van der Waals surface area contributed by atoms with Crippen molar-refractivity contribution in [3.8, 4) is 23.0 Å². The van der Waals surface area contributed by atoms with Gasteiger partial charge >= 0.3 is 5.69 Å². The van der Waals surface area contributed by atoms with Gasteiger partial charge in [0.05, 0.1) is 4.92 Å². The van der Waals surface area contributed by atoms with Gasteiger partial charge in [0.15, 0.2) is 11.5 Å². The Morgan fingerprint density at radius 2 is 1.45 bits per heavy atom. The fourth-order valence-corrected chi connectivity index (χ4v) is 3.21. The molecule has 0 saturated carbocycles. The van der Waals surface area contributed by atoms with Crippen LogP contribution in [0.1, 0.15) is 0 Å². The summed E-state index contributed by atoms with van der Waals surface area (Å²) < 4.78 is 16.4. The Bertz CT molecular complexity index is 1300. The normalized spacial score (nSPS) is 11.6. The van der Waals surface area contributed by atoms with Gasteiger partial charge in [0, 0.05) is 17.4 Å². The fraction of sp³-hybridized carbons (Fsp3) is 0.0435. The summed E-state index contributed by atoms with van der Waals surface area (Å²) in [5.41, 5.74) is 0.875. The van der Waals surface area contributed by atoms with Crippen molar-refractivity contribution in [3.05, 3.63) is 89.2 Å². The molecular formula is C23H17N5O5. The van der Waals surface area contributed by atoms with Gasteiger partial charge in [0.1, 0.15) is 17.8 Å². The summed E-state index contributed by atoms with van der Waals surface area (Å²) in [6.07, 6.45) is 1.25. The Morgan fingerprint density at radius 1 is 0.818 bits per heavy atom. The minimum atomic E-state index is -0.537. The number of nitrogens with zero attached hydrogens (tertiary/aromatic N) is 3. The van der Waals surface area contributed by atoms with Crippen molar-refractivity contribution in [2.24, 2.45) is 0 Å². The van der Waals surface area contributed by atoms with E-state index in [1.54, 1.807) is 42.5 Å². The lowest BCUT2D eigenvalue weighted by atomic mass is 10.2. The second-order valence-corrected chi connectivity index (χ2v) is 6.93. The molecule has 164 valence electrons. The summed E-state index contributed by atoms with van der Waals surface area (Å²) in [4.78, 5) is 19.4. The van der Waals surface area contributed by atoms with E-state index >= 15 is 0 Å². The molecule has 3 aromatic carbocycles. The van der Waals surface area contributed by atoms with E-state index in [4.69, 9.17) is 14.2 Å². The molecule has 2 N–H and O–H groups in total. The van der Waals surface area contributed by atoms with Crippen molar-refractivity contribution in [3.63, 3.8) is 0 Å². The summed E-state index contributed by atoms with van der Waals surface area (Å²) in [5, 5.41) is 17.8. The van der Waals surface area contributed by atoms with Crippen LogP contribution in [0.3, 0.4) is 0 Å². The zero-order valence-electron chi connectivity index (χ0n) is 17.1. The van der Waals surface area contributed by atoms with Gasteiger partial charge in [0.25, 0.3) is 0 Å². The minimum Gasteiger partial charge on any atom is -0.457 e. The Labute approximate surface area is 187 Å². The molecule has 5 rings (SSSR count). The number of hydrogen-bond acceptors (Lipinski definition) is 9. The maximum Gasteiger partial charge on any atom is 0.353 e. The van der Waals surface area contributed by atoms with Crippen LogP contribution in [-0.4, -0.2) is 21.7 Å². The number of nitro groups is 1. The van der Waals surface area contributed by atoms with Crippen LogP contribution >= 0.6 is 0 Å². The monoisotopic (exact) mass is 443 g/mol. The molecule has 0 spiro atoms. The number of ether oxygens (including phenoxy) is 3. The van der Waals surface area contributed by atoms with Crippen molar-refractivity contribution in [1.29, 1.82) is 0 Å². The highest BCUT2D eigenvalue weighted by Gasteiger charge is 2.24. The molecule has 1 aliphatic rings. The van der Waals surface area contributed by atoms with Crippen molar-refractivity contribution in [2.45, 2.75) is 0 Å². The van der Waals surface area contributed by atoms with Gasteiger partial charge in [-0.05, 0) is 48.5 Å². The molecule has 10 heteroatoms. The second kappa shape index (κ2) is 8.71. The van der Waals surface area contributed by atoms with E-state index in [-0.39, 0.29) is 24.1 Å². The smallest absolute Gasteiger partial charge is 0.353 e. The molecule has 0 amide bonds. The lowest BCUT2D eigenvalue weighted by Crippen LogP contribution is -2.05. The van der Waals surface area contributed by atoms with Gasteiger partial charge in [-0.15, -0.1) is 0 Å². The Kier molecular flexibility index (Phi) is 5.30. The molecule has 0 bridgehead atoms. The number of nitrogens with one attached hydrogen (secondary N) is 2. The van der Waals surface area contributed by atoms with Gasteiger partial charge in [-0.1, -0.05) is 18.2 Å². The van der Waals surface area contributed by atoms with Crippen LogP contribution in [0.4, 0.5) is 28.7 Å². The fourth-order valence-electron chi connectivity index (χ4n) is 3.21. The van der Waals surface area contributed by atoms with Crippen molar-refractivity contribution < 1.29 is 19.1 Å². The Hall–Kier alpha value is -4.86. The van der Waals surface area contributed by atoms with E-state index in [2.05, 4.69) is 20.6 Å². The molecule has 1 aliphatic heterocycles. The first-order valence-corrected chi connectivity index (χ1v) is 9.92. The molecule has 4 aromatic rings. The number of hydrogen-bond donors (Lipinski definition) is 2. The number of benzene rings is 3. The molecule has 0 aliphatic carbocycles. The SMILES string of the molecule is O=[N+]([O-])c1c(Nc2ccc(Oc3ccccc3)cc2)ncnc1Nc1ccc2c(c1)OCO2. The van der Waals surface area contributed by atoms with E-state index in [1.165, 1.54) is 6.33 Å².